The van der Waals surface area contributed by atoms with E-state index in [9.17, 15) is 8.78 Å². The molecule has 0 bridgehead atoms. The van der Waals surface area contributed by atoms with Gasteiger partial charge in [0.25, 0.3) is 0 Å². The van der Waals surface area contributed by atoms with Crippen molar-refractivity contribution < 1.29 is 18.3 Å². The highest BCUT2D eigenvalue weighted by Gasteiger charge is 2.01. The monoisotopic (exact) mass is 332 g/mol. The number of allylic oxidation sites excluding steroid dienone is 2. The van der Waals surface area contributed by atoms with Crippen molar-refractivity contribution in [2.45, 2.75) is 13.3 Å². The predicted molar refractivity (Wildman–Crippen MR) is 94.5 cm³/mol. The van der Waals surface area contributed by atoms with Gasteiger partial charge in [-0.3, -0.25) is 0 Å². The maximum atomic E-state index is 12.7. The third-order valence-electron chi connectivity index (χ3n) is 3.16. The molecular weight excluding hydrogens is 310 g/mol. The Morgan fingerprint density at radius 3 is 2.08 bits per heavy atom. The van der Waals surface area contributed by atoms with E-state index >= 15 is 0 Å². The fourth-order valence-electron chi connectivity index (χ4n) is 2.04. The smallest absolute Gasteiger partial charge is 0.128 e. The molecule has 2 aromatic rings. The highest BCUT2D eigenvalue weighted by Crippen LogP contribution is 2.21. The second-order valence-electron chi connectivity index (χ2n) is 4.84. The molecule has 0 aliphatic carbocycles. The molecule has 0 amide bonds. The Labute approximate surface area is 142 Å². The number of rotatable bonds is 5. The van der Waals surface area contributed by atoms with Gasteiger partial charge in [-0.25, -0.2) is 8.78 Å². The molecule has 0 heterocycles. The predicted octanol–water partition coefficient (Wildman–Crippen LogP) is 5.43. The minimum Gasteiger partial charge on any atom is -0.496 e. The number of hydrogen-bond donors (Lipinski definition) is 0. The molecule has 0 radical (unpaired) electrons. The Morgan fingerprint density at radius 2 is 1.54 bits per heavy atom. The van der Waals surface area contributed by atoms with Crippen molar-refractivity contribution >= 4 is 6.08 Å². The van der Waals surface area contributed by atoms with Crippen LogP contribution in [0.5, 0.6) is 11.5 Å². The van der Waals surface area contributed by atoms with Crippen LogP contribution in [0.25, 0.3) is 6.08 Å². The van der Waals surface area contributed by atoms with Gasteiger partial charge >= 0.3 is 0 Å². The molecule has 0 unspecified atom stereocenters. The Morgan fingerprint density at radius 1 is 0.958 bits per heavy atom. The lowest BCUT2D eigenvalue weighted by molar-refractivity contribution is 0.407. The van der Waals surface area contributed by atoms with Crippen LogP contribution >= 0.6 is 0 Å². The summed E-state index contributed by atoms with van der Waals surface area (Å²) in [6, 6.07) is 8.97. The first kappa shape index (κ1) is 19.4. The number of ether oxygens (including phenoxy) is 2. The Balaban J connectivity index is 0.000000240. The molecule has 2 aromatic carbocycles. The average Bonchev–Trinajstić information content (AvgIpc) is 2.59. The summed E-state index contributed by atoms with van der Waals surface area (Å²) >= 11 is 0. The number of methoxy groups -OCH3 is 2. The molecule has 2 nitrogen and oxygen atoms in total. The quantitative estimate of drug-likeness (QED) is 0.680. The van der Waals surface area contributed by atoms with E-state index in [2.05, 4.69) is 6.58 Å². The lowest BCUT2D eigenvalue weighted by Gasteiger charge is -2.05. The molecule has 0 saturated carbocycles. The lowest BCUT2D eigenvalue weighted by atomic mass is 10.1. The first-order valence-corrected chi connectivity index (χ1v) is 7.45. The molecule has 0 atom stereocenters. The summed E-state index contributed by atoms with van der Waals surface area (Å²) in [6.07, 6.45) is 6.22. The van der Waals surface area contributed by atoms with E-state index < -0.39 is 0 Å². The maximum Gasteiger partial charge on any atom is 0.128 e. The normalized spacial score (nSPS) is 10.0. The van der Waals surface area contributed by atoms with Gasteiger partial charge in [0.15, 0.2) is 0 Å². The van der Waals surface area contributed by atoms with Gasteiger partial charge in [0.2, 0.25) is 0 Å². The standard InChI is InChI=1S/2C10H11FO/c2*1-3-4-8-5-6-9(11)7-10(8)12-2/h3-7H,1-2H3;3,5-7H,1,4H2,2H3/b4-3+;. The SMILES string of the molecule is C/C=C/c1ccc(F)cc1OC.C=CCc1ccc(F)cc1OC. The average molecular weight is 332 g/mol. The molecule has 2 rings (SSSR count). The molecule has 0 N–H and O–H groups in total. The van der Waals surface area contributed by atoms with Gasteiger partial charge in [-0.2, -0.15) is 0 Å². The molecule has 0 aromatic heterocycles. The molecule has 0 fully saturated rings. The summed E-state index contributed by atoms with van der Waals surface area (Å²) in [7, 11) is 3.06. The van der Waals surface area contributed by atoms with E-state index in [1.165, 1.54) is 38.5 Å². The number of benzene rings is 2. The van der Waals surface area contributed by atoms with Crippen LogP contribution in [0, 0.1) is 11.6 Å². The zero-order chi connectivity index (χ0) is 17.9. The second kappa shape index (κ2) is 10.2. The Kier molecular flexibility index (Phi) is 8.26. The molecule has 4 heteroatoms. The minimum absolute atomic E-state index is 0.278. The Bertz CT molecular complexity index is 694. The zero-order valence-corrected chi connectivity index (χ0v) is 14.2. The van der Waals surface area contributed by atoms with Crippen molar-refractivity contribution in [3.63, 3.8) is 0 Å². The molecule has 0 spiro atoms. The second-order valence-corrected chi connectivity index (χ2v) is 4.84. The molecule has 128 valence electrons. The molecule has 0 saturated heterocycles. The first-order valence-electron chi connectivity index (χ1n) is 7.45. The minimum atomic E-state index is -0.278. The van der Waals surface area contributed by atoms with Crippen LogP contribution in [0.1, 0.15) is 18.1 Å². The summed E-state index contributed by atoms with van der Waals surface area (Å²) < 4.78 is 35.3. The van der Waals surface area contributed by atoms with Crippen LogP contribution in [0.3, 0.4) is 0 Å². The van der Waals surface area contributed by atoms with Gasteiger partial charge in [-0.15, -0.1) is 6.58 Å². The highest BCUT2D eigenvalue weighted by molar-refractivity contribution is 5.56. The number of halogens is 2. The van der Waals surface area contributed by atoms with Gasteiger partial charge < -0.3 is 9.47 Å². The van der Waals surface area contributed by atoms with Crippen molar-refractivity contribution in [3.05, 3.63) is 77.9 Å². The van der Waals surface area contributed by atoms with Gasteiger partial charge in [-0.05, 0) is 37.1 Å². The first-order chi connectivity index (χ1) is 11.5. The summed E-state index contributed by atoms with van der Waals surface area (Å²) in [4.78, 5) is 0. The number of hydrogen-bond acceptors (Lipinski definition) is 2. The van der Waals surface area contributed by atoms with E-state index in [0.717, 1.165) is 11.1 Å². The van der Waals surface area contributed by atoms with E-state index in [-0.39, 0.29) is 11.6 Å². The third kappa shape index (κ3) is 5.88. The van der Waals surface area contributed by atoms with Gasteiger partial charge in [0, 0.05) is 17.7 Å². The van der Waals surface area contributed by atoms with Gasteiger partial charge in [0.05, 0.1) is 14.2 Å². The fourth-order valence-corrected chi connectivity index (χ4v) is 2.04. The van der Waals surface area contributed by atoms with Gasteiger partial charge in [-0.1, -0.05) is 24.3 Å². The summed E-state index contributed by atoms with van der Waals surface area (Å²) in [5.41, 5.74) is 1.84. The Hall–Kier alpha value is -2.62. The third-order valence-corrected chi connectivity index (χ3v) is 3.16. The maximum absolute atomic E-state index is 12.7. The summed E-state index contributed by atoms with van der Waals surface area (Å²) in [5, 5.41) is 0. The fraction of sp³-hybridized carbons (Fsp3) is 0.200. The van der Waals surface area contributed by atoms with E-state index in [1.807, 2.05) is 19.1 Å². The van der Waals surface area contributed by atoms with Crippen LogP contribution in [0.2, 0.25) is 0 Å². The van der Waals surface area contributed by atoms with E-state index in [4.69, 9.17) is 9.47 Å². The van der Waals surface area contributed by atoms with Crippen LogP contribution in [-0.2, 0) is 6.42 Å². The van der Waals surface area contributed by atoms with Crippen LogP contribution in [0.15, 0.2) is 55.1 Å². The summed E-state index contributed by atoms with van der Waals surface area (Å²) in [6.45, 7) is 5.51. The van der Waals surface area contributed by atoms with E-state index in [0.29, 0.717) is 17.9 Å². The van der Waals surface area contributed by atoms with Crippen molar-refractivity contribution in [3.8, 4) is 11.5 Å². The van der Waals surface area contributed by atoms with Crippen molar-refractivity contribution in [1.29, 1.82) is 0 Å². The van der Waals surface area contributed by atoms with Crippen molar-refractivity contribution in [1.82, 2.24) is 0 Å². The van der Waals surface area contributed by atoms with Crippen LogP contribution in [-0.4, -0.2) is 14.2 Å². The van der Waals surface area contributed by atoms with Gasteiger partial charge in [0.1, 0.15) is 23.1 Å². The largest absolute Gasteiger partial charge is 0.496 e. The molecule has 24 heavy (non-hydrogen) atoms. The lowest BCUT2D eigenvalue weighted by Crippen LogP contribution is -1.91. The van der Waals surface area contributed by atoms with Crippen molar-refractivity contribution in [2.24, 2.45) is 0 Å². The topological polar surface area (TPSA) is 18.5 Å². The molecular formula is C20H22F2O2. The molecule has 0 aliphatic rings. The van der Waals surface area contributed by atoms with Crippen LogP contribution in [0.4, 0.5) is 8.78 Å². The van der Waals surface area contributed by atoms with Crippen molar-refractivity contribution in [2.75, 3.05) is 14.2 Å². The molecule has 0 aliphatic heterocycles. The summed E-state index contributed by atoms with van der Waals surface area (Å²) in [5.74, 6) is 0.586. The highest BCUT2D eigenvalue weighted by atomic mass is 19.1. The van der Waals surface area contributed by atoms with E-state index in [1.54, 1.807) is 18.2 Å². The zero-order valence-electron chi connectivity index (χ0n) is 14.2. The van der Waals surface area contributed by atoms with Crippen LogP contribution < -0.4 is 9.47 Å².